The van der Waals surface area contributed by atoms with E-state index in [1.807, 2.05) is 97.7 Å². The summed E-state index contributed by atoms with van der Waals surface area (Å²) in [6.07, 6.45) is 0.852. The van der Waals surface area contributed by atoms with Gasteiger partial charge in [0.2, 0.25) is 17.7 Å². The third kappa shape index (κ3) is 18.2. The highest BCUT2D eigenvalue weighted by atomic mass is 16.6. The smallest absolute Gasteiger partial charge is 0.329 e. The second-order valence-corrected chi connectivity index (χ2v) is 18.5. The Morgan fingerprint density at radius 1 is 0.769 bits per heavy atom. The van der Waals surface area contributed by atoms with Crippen molar-refractivity contribution in [3.8, 4) is 0 Å². The second kappa shape index (κ2) is 30.0. The van der Waals surface area contributed by atoms with Crippen LogP contribution in [0.5, 0.6) is 0 Å². The summed E-state index contributed by atoms with van der Waals surface area (Å²) in [5.41, 5.74) is 0.853. The van der Waals surface area contributed by atoms with Crippen molar-refractivity contribution in [2.45, 2.75) is 149 Å². The maximum Gasteiger partial charge on any atom is 0.329 e. The van der Waals surface area contributed by atoms with Crippen molar-refractivity contribution in [1.29, 1.82) is 0 Å². The first-order valence-electron chi connectivity index (χ1n) is 23.6. The van der Waals surface area contributed by atoms with E-state index in [1.165, 1.54) is 7.11 Å². The molecular weight excluding hydrogens is 835 g/mol. The van der Waals surface area contributed by atoms with Gasteiger partial charge in [-0.15, -0.1) is 0 Å². The van der Waals surface area contributed by atoms with Crippen LogP contribution in [0.1, 0.15) is 93.6 Å². The molecule has 1 heterocycles. The van der Waals surface area contributed by atoms with Crippen LogP contribution in [-0.2, 0) is 58.8 Å². The SMILES string of the molecule is CC[C@H](C)[C@@H]([C@@H](CC(=O)C1CC[C@@H]([C@H](OC)[C@@H](C)C(=O)N[C@@H](Cc2ccccc2)C(=O)OCCOCCOCCOC)N1)OC)N(C)C(=O)[C@@H](NC(=O)[C@H](C(C)C)N(C)C(C)C)C(C)C. The van der Waals surface area contributed by atoms with Crippen LogP contribution in [-0.4, -0.2) is 169 Å². The summed E-state index contributed by atoms with van der Waals surface area (Å²) >= 11 is 0. The summed E-state index contributed by atoms with van der Waals surface area (Å²) in [6.45, 7) is 19.6. The fourth-order valence-electron chi connectivity index (χ4n) is 8.58. The van der Waals surface area contributed by atoms with E-state index in [2.05, 4.69) is 16.0 Å². The zero-order valence-corrected chi connectivity index (χ0v) is 42.1. The third-order valence-electron chi connectivity index (χ3n) is 12.8. The Bertz CT molecular complexity index is 1570. The minimum Gasteiger partial charge on any atom is -0.462 e. The number of nitrogens with one attached hydrogen (secondary N) is 3. The maximum absolute atomic E-state index is 14.4. The monoisotopic (exact) mass is 920 g/mol. The standard InChI is InChI=1S/C49H85N5O11/c1-15-34(8)44(54(11)48(58)42(31(2)3)52-47(57)43(32(4)5)53(10)33(6)7)41(61-13)30-40(55)37-21-22-38(50-37)45(62-14)35(9)46(56)51-39(29-36-19-17-16-18-20-36)49(59)65-28-27-64-26-25-63-24-23-60-12/h16-20,31-35,37-39,41-45,50H,15,21-30H2,1-14H3,(H,51,56)(H,52,57)/t34-,35+,37?,38-,39-,41+,42-,43-,44-,45+/m0/s1. The highest BCUT2D eigenvalue weighted by molar-refractivity contribution is 5.90. The number of carbonyl (C=O) groups excluding carboxylic acids is 5. The first-order valence-corrected chi connectivity index (χ1v) is 23.6. The van der Waals surface area contributed by atoms with Gasteiger partial charge < -0.3 is 49.3 Å². The van der Waals surface area contributed by atoms with Crippen LogP contribution >= 0.6 is 0 Å². The molecule has 0 saturated carbocycles. The molecule has 1 saturated heterocycles. The van der Waals surface area contributed by atoms with Crippen LogP contribution in [0.25, 0.3) is 0 Å². The van der Waals surface area contributed by atoms with Crippen molar-refractivity contribution in [3.63, 3.8) is 0 Å². The molecule has 0 aromatic heterocycles. The summed E-state index contributed by atoms with van der Waals surface area (Å²) in [5, 5.41) is 9.44. The maximum atomic E-state index is 14.4. The number of amides is 3. The minimum atomic E-state index is -0.960. The lowest BCUT2D eigenvalue weighted by atomic mass is 9.88. The Morgan fingerprint density at radius 2 is 1.38 bits per heavy atom. The number of rotatable bonds is 32. The summed E-state index contributed by atoms with van der Waals surface area (Å²) < 4.78 is 33.4. The van der Waals surface area contributed by atoms with Crippen LogP contribution < -0.4 is 16.0 Å². The molecule has 3 amide bonds. The third-order valence-corrected chi connectivity index (χ3v) is 12.8. The number of ketones is 1. The van der Waals surface area contributed by atoms with E-state index in [9.17, 15) is 24.0 Å². The van der Waals surface area contributed by atoms with Gasteiger partial charge in [-0.3, -0.25) is 24.1 Å². The van der Waals surface area contributed by atoms with Gasteiger partial charge in [0.05, 0.1) is 69.3 Å². The Kier molecular flexibility index (Phi) is 26.6. The molecule has 10 atom stereocenters. The number of benzene rings is 1. The molecule has 65 heavy (non-hydrogen) atoms. The molecule has 16 nitrogen and oxygen atoms in total. The number of nitrogens with zero attached hydrogens (tertiary/aromatic N) is 2. The number of ether oxygens (including phenoxy) is 6. The lowest BCUT2D eigenvalue weighted by molar-refractivity contribution is -0.150. The van der Waals surface area contributed by atoms with Crippen molar-refractivity contribution in [2.24, 2.45) is 23.7 Å². The molecule has 1 aliphatic rings. The molecule has 0 aliphatic carbocycles. The zero-order chi connectivity index (χ0) is 48.8. The van der Waals surface area contributed by atoms with E-state index in [0.717, 1.165) is 12.0 Å². The summed E-state index contributed by atoms with van der Waals surface area (Å²) in [5.74, 6) is -2.37. The molecule has 1 aromatic carbocycles. The first kappa shape index (κ1) is 57.6. The van der Waals surface area contributed by atoms with Gasteiger partial charge in [0, 0.05) is 53.3 Å². The molecule has 1 unspecified atom stereocenters. The molecule has 3 N–H and O–H groups in total. The highest BCUT2D eigenvalue weighted by Gasteiger charge is 2.43. The average molecular weight is 920 g/mol. The molecule has 1 aromatic rings. The summed E-state index contributed by atoms with van der Waals surface area (Å²) in [4.78, 5) is 73.2. The fourth-order valence-corrected chi connectivity index (χ4v) is 8.58. The van der Waals surface area contributed by atoms with Gasteiger partial charge in [-0.2, -0.15) is 0 Å². The van der Waals surface area contributed by atoms with E-state index < -0.39 is 54.3 Å². The predicted octanol–water partition coefficient (Wildman–Crippen LogP) is 4.06. The van der Waals surface area contributed by atoms with Crippen LogP contribution in [0.4, 0.5) is 0 Å². The van der Waals surface area contributed by atoms with Gasteiger partial charge in [-0.1, -0.05) is 85.2 Å². The molecule has 0 spiro atoms. The van der Waals surface area contributed by atoms with E-state index in [1.54, 1.807) is 33.1 Å². The highest BCUT2D eigenvalue weighted by Crippen LogP contribution is 2.27. The number of hydrogen-bond acceptors (Lipinski definition) is 13. The van der Waals surface area contributed by atoms with Crippen molar-refractivity contribution in [3.05, 3.63) is 35.9 Å². The van der Waals surface area contributed by atoms with Gasteiger partial charge in [-0.05, 0) is 57.1 Å². The lowest BCUT2D eigenvalue weighted by Gasteiger charge is -2.40. The van der Waals surface area contributed by atoms with E-state index in [0.29, 0.717) is 39.3 Å². The van der Waals surface area contributed by atoms with Gasteiger partial charge in [0.15, 0.2) is 5.78 Å². The van der Waals surface area contributed by atoms with Crippen LogP contribution in [0.3, 0.4) is 0 Å². The van der Waals surface area contributed by atoms with Crippen molar-refractivity contribution in [1.82, 2.24) is 25.8 Å². The number of hydrogen-bond donors (Lipinski definition) is 3. The van der Waals surface area contributed by atoms with Gasteiger partial charge in [0.1, 0.15) is 18.7 Å². The molecular formula is C49H85N5O11. The predicted molar refractivity (Wildman–Crippen MR) is 251 cm³/mol. The Balaban J connectivity index is 2.15. The summed E-state index contributed by atoms with van der Waals surface area (Å²) in [6, 6.07) is 6.04. The molecule has 1 aliphatic heterocycles. The first-order chi connectivity index (χ1) is 30.8. The van der Waals surface area contributed by atoms with E-state index in [4.69, 9.17) is 28.4 Å². The van der Waals surface area contributed by atoms with Gasteiger partial charge in [0.25, 0.3) is 0 Å². The van der Waals surface area contributed by atoms with Crippen molar-refractivity contribution >= 4 is 29.5 Å². The second-order valence-electron chi connectivity index (χ2n) is 18.5. The Labute approximate surface area is 390 Å². The van der Waals surface area contributed by atoms with Crippen LogP contribution in [0, 0.1) is 23.7 Å². The van der Waals surface area contributed by atoms with E-state index >= 15 is 0 Å². The average Bonchev–Trinajstić information content (AvgIpc) is 3.77. The molecule has 0 radical (unpaired) electrons. The Hall–Kier alpha value is -3.51. The number of carbonyl (C=O) groups is 5. The minimum absolute atomic E-state index is 0.0103. The van der Waals surface area contributed by atoms with Gasteiger partial charge >= 0.3 is 5.97 Å². The van der Waals surface area contributed by atoms with Crippen molar-refractivity contribution < 1.29 is 52.4 Å². The molecule has 16 heteroatoms. The number of likely N-dealkylation sites (N-methyl/N-ethyl adjacent to an activating group) is 2. The number of Topliss-reactive ketones (excluding diaryl/α,β-unsaturated/α-hetero) is 1. The van der Waals surface area contributed by atoms with Crippen molar-refractivity contribution in [2.75, 3.05) is 75.1 Å². The number of methoxy groups -OCH3 is 3. The van der Waals surface area contributed by atoms with Crippen LogP contribution in [0.2, 0.25) is 0 Å². The van der Waals surface area contributed by atoms with E-state index in [-0.39, 0.29) is 79.4 Å². The fraction of sp³-hybridized carbons (Fsp3) is 0.776. The topological polar surface area (TPSA) is 183 Å². The Morgan fingerprint density at radius 3 is 1.92 bits per heavy atom. The molecule has 1 fully saturated rings. The zero-order valence-electron chi connectivity index (χ0n) is 42.1. The molecule has 372 valence electrons. The quantitative estimate of drug-likeness (QED) is 0.0696. The van der Waals surface area contributed by atoms with Gasteiger partial charge in [-0.25, -0.2) is 4.79 Å². The molecule has 2 rings (SSSR count). The largest absolute Gasteiger partial charge is 0.462 e. The number of esters is 1. The summed E-state index contributed by atoms with van der Waals surface area (Å²) in [7, 11) is 8.36. The lowest BCUT2D eigenvalue weighted by Crippen LogP contribution is -2.60. The van der Waals surface area contributed by atoms with Crippen LogP contribution in [0.15, 0.2) is 30.3 Å². The normalized spacial score (nSPS) is 19.0. The molecule has 0 bridgehead atoms.